The Morgan fingerprint density at radius 1 is 1.14 bits per heavy atom. The molecule has 21 heavy (non-hydrogen) atoms. The van der Waals surface area contributed by atoms with Crippen LogP contribution in [0.2, 0.25) is 0 Å². The van der Waals surface area contributed by atoms with E-state index in [9.17, 15) is 5.11 Å². The molecular formula is C17H27N3O. The van der Waals surface area contributed by atoms with E-state index in [0.29, 0.717) is 18.1 Å². The van der Waals surface area contributed by atoms with E-state index in [2.05, 4.69) is 22.3 Å². The van der Waals surface area contributed by atoms with Gasteiger partial charge in [-0.3, -0.25) is 4.68 Å². The van der Waals surface area contributed by atoms with Gasteiger partial charge in [0.15, 0.2) is 0 Å². The Hall–Kier alpha value is -0.870. The van der Waals surface area contributed by atoms with Crippen molar-refractivity contribution < 1.29 is 5.11 Å². The normalized spacial score (nSPS) is 37.0. The third kappa shape index (κ3) is 2.88. The second-order valence-electron chi connectivity index (χ2n) is 7.53. The Bertz CT molecular complexity index is 480. The third-order valence-corrected chi connectivity index (χ3v) is 5.71. The number of hydrogen-bond acceptors (Lipinski definition) is 3. The van der Waals surface area contributed by atoms with Crippen LogP contribution in [0, 0.1) is 0 Å². The first-order valence-electron chi connectivity index (χ1n) is 8.73. The molecule has 2 aliphatic heterocycles. The number of nitrogens with one attached hydrogen (secondary N) is 1. The maximum Gasteiger partial charge on any atom is 0.0733 e. The summed E-state index contributed by atoms with van der Waals surface area (Å²) in [5, 5.41) is 19.3. The fourth-order valence-electron chi connectivity index (χ4n) is 4.73. The topological polar surface area (TPSA) is 50.1 Å². The van der Waals surface area contributed by atoms with Gasteiger partial charge < -0.3 is 10.4 Å². The standard InChI is InChI=1S/C17H27N3O/c21-17(10-13-6-7-14(11-17)18-13)12-15-8-9-20(19-15)16-4-2-1-3-5-16/h8-9,13-14,16,18,21H,1-7,10-12H2. The summed E-state index contributed by atoms with van der Waals surface area (Å²) in [6, 6.07) is 3.76. The SMILES string of the molecule is OC1(Cc2ccn(C3CCCCC3)n2)CC2CCC(C1)N2. The minimum atomic E-state index is -0.539. The zero-order chi connectivity index (χ0) is 14.3. The molecule has 1 aromatic rings. The monoisotopic (exact) mass is 289 g/mol. The van der Waals surface area contributed by atoms with Crippen molar-refractivity contribution in [1.82, 2.24) is 15.1 Å². The number of aromatic nitrogens is 2. The number of hydrogen-bond donors (Lipinski definition) is 2. The van der Waals surface area contributed by atoms with Crippen LogP contribution in [0.25, 0.3) is 0 Å². The molecule has 1 aliphatic carbocycles. The van der Waals surface area contributed by atoms with Crippen LogP contribution >= 0.6 is 0 Å². The van der Waals surface area contributed by atoms with Crippen LogP contribution in [0.5, 0.6) is 0 Å². The van der Waals surface area contributed by atoms with Gasteiger partial charge in [-0.15, -0.1) is 0 Å². The lowest BCUT2D eigenvalue weighted by Crippen LogP contribution is -2.49. The van der Waals surface area contributed by atoms with E-state index in [1.807, 2.05) is 0 Å². The van der Waals surface area contributed by atoms with E-state index in [0.717, 1.165) is 25.0 Å². The summed E-state index contributed by atoms with van der Waals surface area (Å²) >= 11 is 0. The van der Waals surface area contributed by atoms with Crippen molar-refractivity contribution in [2.45, 2.75) is 87.9 Å². The van der Waals surface area contributed by atoms with Gasteiger partial charge in [0, 0.05) is 24.7 Å². The van der Waals surface area contributed by atoms with Gasteiger partial charge in [0.2, 0.25) is 0 Å². The van der Waals surface area contributed by atoms with Crippen LogP contribution in [-0.4, -0.2) is 32.6 Å². The highest BCUT2D eigenvalue weighted by Crippen LogP contribution is 2.36. The molecule has 2 atom stereocenters. The summed E-state index contributed by atoms with van der Waals surface area (Å²) in [4.78, 5) is 0. The van der Waals surface area contributed by atoms with Gasteiger partial charge in [-0.05, 0) is 44.6 Å². The second kappa shape index (κ2) is 5.40. The van der Waals surface area contributed by atoms with Crippen molar-refractivity contribution in [3.05, 3.63) is 18.0 Å². The van der Waals surface area contributed by atoms with E-state index in [1.54, 1.807) is 0 Å². The summed E-state index contributed by atoms with van der Waals surface area (Å²) in [5.41, 5.74) is 0.535. The Morgan fingerprint density at radius 3 is 2.57 bits per heavy atom. The lowest BCUT2D eigenvalue weighted by atomic mass is 9.84. The van der Waals surface area contributed by atoms with Gasteiger partial charge in [0.25, 0.3) is 0 Å². The van der Waals surface area contributed by atoms with E-state index >= 15 is 0 Å². The molecule has 2 unspecified atom stereocenters. The first kappa shape index (κ1) is 13.8. The summed E-state index contributed by atoms with van der Waals surface area (Å²) < 4.78 is 2.16. The van der Waals surface area contributed by atoms with E-state index in [-0.39, 0.29) is 0 Å². The van der Waals surface area contributed by atoms with Crippen LogP contribution < -0.4 is 5.32 Å². The first-order valence-corrected chi connectivity index (χ1v) is 8.73. The van der Waals surface area contributed by atoms with Crippen molar-refractivity contribution in [1.29, 1.82) is 0 Å². The van der Waals surface area contributed by atoms with Crippen molar-refractivity contribution >= 4 is 0 Å². The number of rotatable bonds is 3. The molecule has 4 heteroatoms. The van der Waals surface area contributed by atoms with Gasteiger partial charge in [0.05, 0.1) is 17.3 Å². The molecule has 3 fully saturated rings. The van der Waals surface area contributed by atoms with Crippen LogP contribution in [0.1, 0.15) is 69.5 Å². The molecular weight excluding hydrogens is 262 g/mol. The second-order valence-corrected chi connectivity index (χ2v) is 7.53. The predicted octanol–water partition coefficient (Wildman–Crippen LogP) is 2.58. The molecule has 1 aromatic heterocycles. The third-order valence-electron chi connectivity index (χ3n) is 5.71. The molecule has 4 nitrogen and oxygen atoms in total. The average molecular weight is 289 g/mol. The lowest BCUT2D eigenvalue weighted by Gasteiger charge is -2.36. The lowest BCUT2D eigenvalue weighted by molar-refractivity contribution is -0.00701. The van der Waals surface area contributed by atoms with E-state index in [4.69, 9.17) is 5.10 Å². The minimum Gasteiger partial charge on any atom is -0.389 e. The summed E-state index contributed by atoms with van der Waals surface area (Å²) in [5.74, 6) is 0. The van der Waals surface area contributed by atoms with Crippen molar-refractivity contribution in [2.24, 2.45) is 0 Å². The van der Waals surface area contributed by atoms with Gasteiger partial charge in [-0.25, -0.2) is 0 Å². The van der Waals surface area contributed by atoms with Crippen molar-refractivity contribution in [3.8, 4) is 0 Å². The number of piperidine rings is 1. The Balaban J connectivity index is 1.43. The molecule has 2 bridgehead atoms. The largest absolute Gasteiger partial charge is 0.389 e. The molecule has 1 saturated carbocycles. The highest BCUT2D eigenvalue weighted by Gasteiger charge is 2.42. The Labute approximate surface area is 126 Å². The molecule has 0 radical (unpaired) electrons. The number of fused-ring (bicyclic) bond motifs is 2. The van der Waals surface area contributed by atoms with Crippen LogP contribution in [-0.2, 0) is 6.42 Å². The molecule has 2 N–H and O–H groups in total. The van der Waals surface area contributed by atoms with Gasteiger partial charge >= 0.3 is 0 Å². The zero-order valence-electron chi connectivity index (χ0n) is 12.8. The quantitative estimate of drug-likeness (QED) is 0.899. The van der Waals surface area contributed by atoms with E-state index in [1.165, 1.54) is 44.9 Å². The number of nitrogens with zero attached hydrogens (tertiary/aromatic N) is 2. The van der Waals surface area contributed by atoms with Gasteiger partial charge in [-0.1, -0.05) is 19.3 Å². The van der Waals surface area contributed by atoms with Crippen molar-refractivity contribution in [2.75, 3.05) is 0 Å². The number of aliphatic hydroxyl groups is 1. The summed E-state index contributed by atoms with van der Waals surface area (Å²) in [7, 11) is 0. The first-order chi connectivity index (χ1) is 10.2. The molecule has 3 aliphatic rings. The average Bonchev–Trinajstić information content (AvgIpc) is 3.06. The summed E-state index contributed by atoms with van der Waals surface area (Å²) in [6.07, 6.45) is 13.6. The Kier molecular flexibility index (Phi) is 3.54. The molecule has 4 rings (SSSR count). The van der Waals surface area contributed by atoms with Crippen molar-refractivity contribution in [3.63, 3.8) is 0 Å². The maximum absolute atomic E-state index is 10.9. The van der Waals surface area contributed by atoms with Crippen LogP contribution in [0.3, 0.4) is 0 Å². The smallest absolute Gasteiger partial charge is 0.0733 e. The molecule has 116 valence electrons. The molecule has 2 saturated heterocycles. The molecule has 3 heterocycles. The summed E-state index contributed by atoms with van der Waals surface area (Å²) in [6.45, 7) is 0. The minimum absolute atomic E-state index is 0.522. The van der Waals surface area contributed by atoms with E-state index < -0.39 is 5.60 Å². The molecule has 0 aromatic carbocycles. The Morgan fingerprint density at radius 2 is 1.86 bits per heavy atom. The molecule has 0 spiro atoms. The van der Waals surface area contributed by atoms with Crippen LogP contribution in [0.15, 0.2) is 12.3 Å². The fourth-order valence-corrected chi connectivity index (χ4v) is 4.73. The maximum atomic E-state index is 10.9. The zero-order valence-corrected chi connectivity index (χ0v) is 12.8. The predicted molar refractivity (Wildman–Crippen MR) is 82.2 cm³/mol. The fraction of sp³-hybridized carbons (Fsp3) is 0.824. The highest BCUT2D eigenvalue weighted by molar-refractivity contribution is 5.09. The highest BCUT2D eigenvalue weighted by atomic mass is 16.3. The molecule has 0 amide bonds. The van der Waals surface area contributed by atoms with Gasteiger partial charge in [0.1, 0.15) is 0 Å². The van der Waals surface area contributed by atoms with Crippen LogP contribution in [0.4, 0.5) is 0 Å². The van der Waals surface area contributed by atoms with Gasteiger partial charge in [-0.2, -0.15) is 5.10 Å².